The average Bonchev–Trinajstić information content (AvgIpc) is 3.45. The summed E-state index contributed by atoms with van der Waals surface area (Å²) < 4.78 is 12.7. The van der Waals surface area contributed by atoms with Crippen molar-refractivity contribution in [3.05, 3.63) is 53.0 Å². The number of fused-ring (bicyclic) bond motifs is 1. The van der Waals surface area contributed by atoms with Crippen molar-refractivity contribution in [3.63, 3.8) is 0 Å². The van der Waals surface area contributed by atoms with Crippen LogP contribution < -0.4 is 5.32 Å². The van der Waals surface area contributed by atoms with Gasteiger partial charge >= 0.3 is 0 Å². The molecule has 194 valence electrons. The average molecular weight is 521 g/mol. The molecule has 1 aromatic carbocycles. The minimum absolute atomic E-state index is 0.0714. The van der Waals surface area contributed by atoms with Crippen LogP contribution in [0, 0.1) is 17.8 Å². The zero-order valence-electron chi connectivity index (χ0n) is 20.9. The second kappa shape index (κ2) is 9.02. The van der Waals surface area contributed by atoms with E-state index in [0.29, 0.717) is 30.9 Å². The lowest BCUT2D eigenvalue weighted by molar-refractivity contribution is -0.171. The molecule has 2 aliphatic heterocycles. The third kappa shape index (κ3) is 4.32. The standard InChI is InChI=1S/C29H32N2O5S/c32-26-7-6-24(27(33)30-26)31-14-23-22(28(31)34)2-1-3-25(23)37-16-21-5-4-20(36-21)15-35-29-11-17-8-18(12-29)10-19(9-17)13-29/h1-5,17-19,24H,6-16H2,(H,30,32,33). The van der Waals surface area contributed by atoms with Gasteiger partial charge in [-0.05, 0) is 92.5 Å². The van der Waals surface area contributed by atoms with Crippen LogP contribution >= 0.6 is 11.8 Å². The predicted molar refractivity (Wildman–Crippen MR) is 136 cm³/mol. The molecule has 3 amide bonds. The molecule has 0 radical (unpaired) electrons. The summed E-state index contributed by atoms with van der Waals surface area (Å²) in [6.45, 7) is 0.916. The number of furan rings is 1. The van der Waals surface area contributed by atoms with E-state index in [1.165, 1.54) is 38.5 Å². The van der Waals surface area contributed by atoms with Gasteiger partial charge in [-0.3, -0.25) is 19.7 Å². The van der Waals surface area contributed by atoms with E-state index >= 15 is 0 Å². The maximum absolute atomic E-state index is 13.1. The summed E-state index contributed by atoms with van der Waals surface area (Å²) in [6.07, 6.45) is 8.50. The van der Waals surface area contributed by atoms with E-state index in [1.807, 2.05) is 30.3 Å². The van der Waals surface area contributed by atoms with Gasteiger partial charge in [0.1, 0.15) is 24.2 Å². The number of nitrogens with zero attached hydrogens (tertiary/aromatic N) is 1. The van der Waals surface area contributed by atoms with Gasteiger partial charge < -0.3 is 14.1 Å². The summed E-state index contributed by atoms with van der Waals surface area (Å²) in [4.78, 5) is 39.6. The number of hydrogen-bond donors (Lipinski definition) is 1. The van der Waals surface area contributed by atoms with Gasteiger partial charge in [0.25, 0.3) is 5.91 Å². The van der Waals surface area contributed by atoms with Crippen LogP contribution in [0.1, 0.15) is 78.8 Å². The van der Waals surface area contributed by atoms with Crippen molar-refractivity contribution < 1.29 is 23.5 Å². The normalized spacial score (nSPS) is 32.2. The summed E-state index contributed by atoms with van der Waals surface area (Å²) in [6, 6.07) is 9.18. The molecular formula is C29H32N2O5S. The Kier molecular flexibility index (Phi) is 5.73. The molecule has 6 aliphatic rings. The van der Waals surface area contributed by atoms with Crippen molar-refractivity contribution in [2.24, 2.45) is 17.8 Å². The van der Waals surface area contributed by atoms with Gasteiger partial charge in [-0.15, -0.1) is 11.8 Å². The second-order valence-corrected chi connectivity index (χ2v) is 12.7. The molecule has 2 aromatic rings. The Morgan fingerprint density at radius 1 is 1.00 bits per heavy atom. The van der Waals surface area contributed by atoms with Gasteiger partial charge in [-0.1, -0.05) is 6.07 Å². The van der Waals surface area contributed by atoms with Crippen LogP contribution in [0.5, 0.6) is 0 Å². The zero-order chi connectivity index (χ0) is 25.1. The highest BCUT2D eigenvalue weighted by Crippen LogP contribution is 2.57. The van der Waals surface area contributed by atoms with Crippen LogP contribution in [-0.4, -0.2) is 34.3 Å². The Labute approximate surface area is 220 Å². The number of hydrogen-bond acceptors (Lipinski definition) is 6. The monoisotopic (exact) mass is 520 g/mol. The van der Waals surface area contributed by atoms with Crippen LogP contribution in [0.4, 0.5) is 0 Å². The fourth-order valence-corrected chi connectivity index (χ4v) is 8.83. The molecule has 5 fully saturated rings. The zero-order valence-corrected chi connectivity index (χ0v) is 21.7. The Morgan fingerprint density at radius 3 is 2.46 bits per heavy atom. The molecule has 4 aliphatic carbocycles. The predicted octanol–water partition coefficient (Wildman–Crippen LogP) is 4.82. The molecule has 4 saturated carbocycles. The van der Waals surface area contributed by atoms with E-state index in [-0.39, 0.29) is 29.7 Å². The molecule has 7 nitrogen and oxygen atoms in total. The van der Waals surface area contributed by atoms with E-state index in [4.69, 9.17) is 9.15 Å². The third-order valence-corrected chi connectivity index (χ3v) is 10.3. The first-order valence-electron chi connectivity index (χ1n) is 13.6. The summed E-state index contributed by atoms with van der Waals surface area (Å²) >= 11 is 1.64. The first-order valence-corrected chi connectivity index (χ1v) is 14.5. The largest absolute Gasteiger partial charge is 0.463 e. The van der Waals surface area contributed by atoms with Crippen molar-refractivity contribution in [2.75, 3.05) is 0 Å². The number of carbonyl (C=O) groups excluding carboxylic acids is 3. The highest BCUT2D eigenvalue weighted by atomic mass is 32.2. The molecule has 1 aromatic heterocycles. The van der Waals surface area contributed by atoms with Crippen molar-refractivity contribution in [3.8, 4) is 0 Å². The van der Waals surface area contributed by atoms with Crippen LogP contribution in [0.3, 0.4) is 0 Å². The van der Waals surface area contributed by atoms with Crippen LogP contribution in [0.15, 0.2) is 39.6 Å². The SMILES string of the molecule is O=C1CCC(N2Cc3c(SCc4ccc(COC56CC7CC(CC(C7)C5)C6)o4)cccc3C2=O)C(=O)N1. The highest BCUT2D eigenvalue weighted by molar-refractivity contribution is 7.98. The van der Waals surface area contributed by atoms with Gasteiger partial charge in [-0.25, -0.2) is 0 Å². The number of piperidine rings is 1. The molecule has 1 saturated heterocycles. The van der Waals surface area contributed by atoms with Crippen LogP contribution in [0.25, 0.3) is 0 Å². The maximum Gasteiger partial charge on any atom is 0.255 e. The number of nitrogens with one attached hydrogen (secondary N) is 1. The molecule has 3 heterocycles. The first kappa shape index (κ1) is 23.5. The summed E-state index contributed by atoms with van der Waals surface area (Å²) in [5.41, 5.74) is 1.65. The number of rotatable bonds is 7. The molecule has 4 bridgehead atoms. The van der Waals surface area contributed by atoms with Crippen molar-refractivity contribution in [2.45, 2.75) is 86.8 Å². The molecule has 1 unspecified atom stereocenters. The number of ether oxygens (including phenoxy) is 1. The van der Waals surface area contributed by atoms with Gasteiger partial charge in [0.2, 0.25) is 11.8 Å². The number of thioether (sulfide) groups is 1. The highest BCUT2D eigenvalue weighted by Gasteiger charge is 2.51. The minimum atomic E-state index is -0.600. The molecule has 1 atom stereocenters. The quantitative estimate of drug-likeness (QED) is 0.416. The van der Waals surface area contributed by atoms with Crippen molar-refractivity contribution in [1.29, 1.82) is 0 Å². The van der Waals surface area contributed by atoms with Crippen molar-refractivity contribution in [1.82, 2.24) is 10.2 Å². The summed E-state index contributed by atoms with van der Waals surface area (Å²) in [5, 5.41) is 2.36. The lowest BCUT2D eigenvalue weighted by Gasteiger charge is -2.56. The maximum atomic E-state index is 13.1. The molecular weight excluding hydrogens is 488 g/mol. The van der Waals surface area contributed by atoms with E-state index < -0.39 is 6.04 Å². The third-order valence-electron chi connectivity index (χ3n) is 9.13. The smallest absolute Gasteiger partial charge is 0.255 e. The topological polar surface area (TPSA) is 88.9 Å². The van der Waals surface area contributed by atoms with E-state index in [1.54, 1.807) is 16.7 Å². The van der Waals surface area contributed by atoms with E-state index in [0.717, 1.165) is 39.7 Å². The Bertz CT molecular complexity index is 1230. The molecule has 37 heavy (non-hydrogen) atoms. The van der Waals surface area contributed by atoms with E-state index in [2.05, 4.69) is 5.32 Å². The first-order chi connectivity index (χ1) is 17.9. The summed E-state index contributed by atoms with van der Waals surface area (Å²) in [7, 11) is 0. The lowest BCUT2D eigenvalue weighted by Crippen LogP contribution is -2.52. The fourth-order valence-electron chi connectivity index (χ4n) is 7.85. The summed E-state index contributed by atoms with van der Waals surface area (Å²) in [5.74, 6) is 4.20. The van der Waals surface area contributed by atoms with Gasteiger partial charge in [0, 0.05) is 23.4 Å². The van der Waals surface area contributed by atoms with Crippen LogP contribution in [-0.2, 0) is 33.2 Å². The number of benzene rings is 1. The molecule has 8 rings (SSSR count). The molecule has 1 N–H and O–H groups in total. The Hall–Kier alpha value is -2.58. The van der Waals surface area contributed by atoms with Crippen LogP contribution in [0.2, 0.25) is 0 Å². The Morgan fingerprint density at radius 2 is 1.73 bits per heavy atom. The van der Waals surface area contributed by atoms with Gasteiger partial charge in [0.15, 0.2) is 0 Å². The van der Waals surface area contributed by atoms with Gasteiger partial charge in [-0.2, -0.15) is 0 Å². The number of carbonyl (C=O) groups is 3. The fraction of sp³-hybridized carbons (Fsp3) is 0.552. The molecule has 8 heteroatoms. The van der Waals surface area contributed by atoms with E-state index in [9.17, 15) is 14.4 Å². The minimum Gasteiger partial charge on any atom is -0.463 e. The van der Waals surface area contributed by atoms with Crippen molar-refractivity contribution >= 4 is 29.5 Å². The second-order valence-electron chi connectivity index (χ2n) is 11.7. The molecule has 0 spiro atoms. The number of amides is 3. The number of imide groups is 1. The lowest BCUT2D eigenvalue weighted by atomic mass is 9.54. The Balaban J connectivity index is 0.985. The van der Waals surface area contributed by atoms with Gasteiger partial charge in [0.05, 0.1) is 11.4 Å².